The highest BCUT2D eigenvalue weighted by Gasteiger charge is 2.15. The fourth-order valence-electron chi connectivity index (χ4n) is 1.23. The van der Waals surface area contributed by atoms with Crippen molar-refractivity contribution in [1.82, 2.24) is 0 Å². The maximum Gasteiger partial charge on any atom is 0.122 e. The van der Waals surface area contributed by atoms with Crippen LogP contribution in [0.3, 0.4) is 0 Å². The third-order valence-corrected chi connectivity index (χ3v) is 3.38. The molecule has 1 rings (SSSR count). The minimum atomic E-state index is -1.18. The minimum absolute atomic E-state index is 0.341. The van der Waals surface area contributed by atoms with Crippen LogP contribution in [-0.2, 0) is 0 Å². The Morgan fingerprint density at radius 2 is 1.73 bits per heavy atom. The zero-order valence-electron chi connectivity index (χ0n) is 10.2. The molecule has 15 heavy (non-hydrogen) atoms. The summed E-state index contributed by atoms with van der Waals surface area (Å²) in [5.74, 6) is 1.24. The van der Waals surface area contributed by atoms with Crippen molar-refractivity contribution in [2.45, 2.75) is 33.5 Å². The van der Waals surface area contributed by atoms with E-state index in [9.17, 15) is 5.11 Å². The predicted octanol–water partition coefficient (Wildman–Crippen LogP) is 3.27. The molecular weight excluding hydrogens is 204 g/mol. The van der Waals surface area contributed by atoms with Gasteiger partial charge in [-0.3, -0.25) is 0 Å². The average molecular weight is 224 g/mol. The van der Waals surface area contributed by atoms with Gasteiger partial charge in [-0.15, -0.1) is 0 Å². The Hall–Kier alpha value is -0.963. The minimum Gasteiger partial charge on any atom is -0.508 e. The van der Waals surface area contributed by atoms with E-state index in [1.807, 2.05) is 19.9 Å². The van der Waals surface area contributed by atoms with Gasteiger partial charge in [-0.05, 0) is 37.1 Å². The molecule has 0 unspecified atom stereocenters. The SMILES string of the molecule is Cc1c(O)ccc(OC[Si](C)(C)C)c1C. The van der Waals surface area contributed by atoms with Crippen LogP contribution >= 0.6 is 0 Å². The molecular formula is C12H20O2Si. The van der Waals surface area contributed by atoms with Crippen molar-refractivity contribution < 1.29 is 9.84 Å². The van der Waals surface area contributed by atoms with Crippen LogP contribution in [0.2, 0.25) is 19.6 Å². The lowest BCUT2D eigenvalue weighted by atomic mass is 10.1. The molecule has 0 fully saturated rings. The van der Waals surface area contributed by atoms with Crippen LogP contribution in [0.1, 0.15) is 11.1 Å². The Morgan fingerprint density at radius 3 is 2.27 bits per heavy atom. The largest absolute Gasteiger partial charge is 0.508 e. The summed E-state index contributed by atoms with van der Waals surface area (Å²) in [5.41, 5.74) is 1.94. The van der Waals surface area contributed by atoms with Crippen LogP contribution < -0.4 is 4.74 Å². The van der Waals surface area contributed by atoms with Crippen LogP contribution in [0.25, 0.3) is 0 Å². The number of hydrogen-bond donors (Lipinski definition) is 1. The summed E-state index contributed by atoms with van der Waals surface area (Å²) in [6, 6.07) is 3.54. The van der Waals surface area contributed by atoms with Gasteiger partial charge in [0, 0.05) is 0 Å². The van der Waals surface area contributed by atoms with Gasteiger partial charge in [-0.1, -0.05) is 19.6 Å². The highest BCUT2D eigenvalue weighted by atomic mass is 28.3. The molecule has 2 nitrogen and oxygen atoms in total. The summed E-state index contributed by atoms with van der Waals surface area (Å²) in [7, 11) is -1.18. The lowest BCUT2D eigenvalue weighted by molar-refractivity contribution is 0.373. The number of ether oxygens (including phenoxy) is 1. The molecule has 0 atom stereocenters. The highest BCUT2D eigenvalue weighted by molar-refractivity contribution is 6.76. The third-order valence-electron chi connectivity index (χ3n) is 2.37. The molecule has 0 amide bonds. The van der Waals surface area contributed by atoms with Gasteiger partial charge in [0.2, 0.25) is 0 Å². The van der Waals surface area contributed by atoms with Gasteiger partial charge in [0.05, 0.1) is 14.3 Å². The van der Waals surface area contributed by atoms with Gasteiger partial charge in [0.1, 0.15) is 11.5 Å². The fraction of sp³-hybridized carbons (Fsp3) is 0.500. The smallest absolute Gasteiger partial charge is 0.122 e. The van der Waals surface area contributed by atoms with Crippen LogP contribution in [0.15, 0.2) is 12.1 Å². The van der Waals surface area contributed by atoms with E-state index in [0.29, 0.717) is 5.75 Å². The van der Waals surface area contributed by atoms with Crippen LogP contribution in [0.4, 0.5) is 0 Å². The van der Waals surface area contributed by atoms with E-state index in [-0.39, 0.29) is 0 Å². The Balaban J connectivity index is 2.83. The molecule has 0 bridgehead atoms. The summed E-state index contributed by atoms with van der Waals surface area (Å²) in [4.78, 5) is 0. The number of rotatable bonds is 3. The van der Waals surface area contributed by atoms with E-state index in [0.717, 1.165) is 23.1 Å². The molecule has 0 spiro atoms. The second kappa shape index (κ2) is 4.27. The van der Waals surface area contributed by atoms with E-state index in [1.165, 1.54) is 0 Å². The summed E-state index contributed by atoms with van der Waals surface area (Å²) in [6.45, 7) is 10.7. The summed E-state index contributed by atoms with van der Waals surface area (Å²) in [5, 5.41) is 9.51. The molecule has 0 saturated heterocycles. The standard InChI is InChI=1S/C12H20O2Si/c1-9-10(2)12(7-6-11(9)13)14-8-15(3,4)5/h6-7,13H,8H2,1-5H3. The molecule has 84 valence electrons. The monoisotopic (exact) mass is 224 g/mol. The fourth-order valence-corrected chi connectivity index (χ4v) is 1.82. The lowest BCUT2D eigenvalue weighted by Crippen LogP contribution is -2.30. The summed E-state index contributed by atoms with van der Waals surface area (Å²) >= 11 is 0. The van der Waals surface area contributed by atoms with Crippen LogP contribution in [-0.4, -0.2) is 19.4 Å². The molecule has 1 N–H and O–H groups in total. The highest BCUT2D eigenvalue weighted by Crippen LogP contribution is 2.28. The quantitative estimate of drug-likeness (QED) is 0.799. The van der Waals surface area contributed by atoms with Gasteiger partial charge in [0.25, 0.3) is 0 Å². The van der Waals surface area contributed by atoms with Crippen LogP contribution in [0, 0.1) is 13.8 Å². The number of phenols is 1. The second-order valence-electron chi connectivity index (χ2n) is 5.18. The second-order valence-corrected chi connectivity index (χ2v) is 10.6. The first-order chi connectivity index (χ1) is 6.81. The van der Waals surface area contributed by atoms with Crippen molar-refractivity contribution in [3.63, 3.8) is 0 Å². The Bertz CT molecular complexity index is 353. The molecule has 1 aromatic carbocycles. The van der Waals surface area contributed by atoms with Gasteiger partial charge in [-0.25, -0.2) is 0 Å². The maximum atomic E-state index is 9.51. The van der Waals surface area contributed by atoms with E-state index < -0.39 is 8.07 Å². The summed E-state index contributed by atoms with van der Waals surface area (Å²) in [6.07, 6.45) is 0.818. The maximum absolute atomic E-state index is 9.51. The molecule has 0 saturated carbocycles. The van der Waals surface area contributed by atoms with E-state index in [1.54, 1.807) is 6.07 Å². The van der Waals surface area contributed by atoms with Crippen molar-refractivity contribution in [3.8, 4) is 11.5 Å². The first-order valence-corrected chi connectivity index (χ1v) is 8.94. The van der Waals surface area contributed by atoms with Crippen molar-refractivity contribution in [2.24, 2.45) is 0 Å². The van der Waals surface area contributed by atoms with E-state index >= 15 is 0 Å². The molecule has 0 aliphatic heterocycles. The van der Waals surface area contributed by atoms with Crippen molar-refractivity contribution in [3.05, 3.63) is 23.3 Å². The number of phenolic OH excluding ortho intramolecular Hbond substituents is 1. The molecule has 0 aliphatic rings. The molecule has 0 heterocycles. The molecule has 0 aliphatic carbocycles. The zero-order chi connectivity index (χ0) is 11.6. The first-order valence-electron chi connectivity index (χ1n) is 5.23. The molecule has 0 aromatic heterocycles. The predicted molar refractivity (Wildman–Crippen MR) is 66.4 cm³/mol. The average Bonchev–Trinajstić information content (AvgIpc) is 2.12. The van der Waals surface area contributed by atoms with Crippen molar-refractivity contribution in [1.29, 1.82) is 0 Å². The molecule has 0 radical (unpaired) electrons. The Morgan fingerprint density at radius 1 is 1.13 bits per heavy atom. The third kappa shape index (κ3) is 3.27. The number of aromatic hydroxyl groups is 1. The van der Waals surface area contributed by atoms with Gasteiger partial charge in [-0.2, -0.15) is 0 Å². The van der Waals surface area contributed by atoms with Crippen LogP contribution in [0.5, 0.6) is 11.5 Å². The first kappa shape index (κ1) is 12.1. The van der Waals surface area contributed by atoms with Crippen molar-refractivity contribution >= 4 is 8.07 Å². The van der Waals surface area contributed by atoms with Gasteiger partial charge < -0.3 is 9.84 Å². The number of benzene rings is 1. The van der Waals surface area contributed by atoms with Gasteiger partial charge in [0.15, 0.2) is 0 Å². The van der Waals surface area contributed by atoms with E-state index in [2.05, 4.69) is 19.6 Å². The Labute approximate surface area is 92.9 Å². The molecule has 3 heteroatoms. The van der Waals surface area contributed by atoms with Gasteiger partial charge >= 0.3 is 0 Å². The lowest BCUT2D eigenvalue weighted by Gasteiger charge is -2.18. The number of hydrogen-bond acceptors (Lipinski definition) is 2. The van der Waals surface area contributed by atoms with E-state index in [4.69, 9.17) is 4.74 Å². The topological polar surface area (TPSA) is 29.5 Å². The summed E-state index contributed by atoms with van der Waals surface area (Å²) < 4.78 is 5.79. The Kier molecular flexibility index (Phi) is 3.45. The zero-order valence-corrected chi connectivity index (χ0v) is 11.2. The molecule has 1 aromatic rings. The normalized spacial score (nSPS) is 11.5. The van der Waals surface area contributed by atoms with Crippen molar-refractivity contribution in [2.75, 3.05) is 6.23 Å².